The summed E-state index contributed by atoms with van der Waals surface area (Å²) in [6, 6.07) is 9.87. The highest BCUT2D eigenvalue weighted by Gasteiger charge is 2.13. The molecule has 1 aromatic carbocycles. The average molecular weight is 334 g/mol. The lowest BCUT2D eigenvalue weighted by atomic mass is 10.0. The van der Waals surface area contributed by atoms with E-state index in [1.165, 1.54) is 36.7 Å². The molecule has 0 unspecified atom stereocenters. The maximum absolute atomic E-state index is 11.6. The molecule has 3 N–H and O–H groups in total. The molecule has 0 saturated heterocycles. The van der Waals surface area contributed by atoms with E-state index < -0.39 is 11.9 Å². The quantitative estimate of drug-likeness (QED) is 0.311. The Morgan fingerprint density at radius 1 is 0.958 bits per heavy atom. The van der Waals surface area contributed by atoms with Crippen molar-refractivity contribution in [3.63, 3.8) is 0 Å². The van der Waals surface area contributed by atoms with Crippen LogP contribution < -0.4 is 10.8 Å². The Kier molecular flexibility index (Phi) is 10.5. The van der Waals surface area contributed by atoms with Crippen molar-refractivity contribution in [2.24, 2.45) is 0 Å². The zero-order valence-corrected chi connectivity index (χ0v) is 14.6. The summed E-state index contributed by atoms with van der Waals surface area (Å²) in [5, 5.41) is 11.0. The zero-order chi connectivity index (χ0) is 17.6. The van der Waals surface area contributed by atoms with E-state index >= 15 is 0 Å². The van der Waals surface area contributed by atoms with Crippen LogP contribution in [-0.4, -0.2) is 23.1 Å². The van der Waals surface area contributed by atoms with Crippen molar-refractivity contribution < 1.29 is 14.8 Å². The number of benzene rings is 1. The van der Waals surface area contributed by atoms with Crippen molar-refractivity contribution in [1.82, 2.24) is 10.8 Å². The molecule has 5 heteroatoms. The van der Waals surface area contributed by atoms with E-state index in [2.05, 4.69) is 29.6 Å². The summed E-state index contributed by atoms with van der Waals surface area (Å²) in [7, 11) is 0. The smallest absolute Gasteiger partial charge is 0.265 e. The summed E-state index contributed by atoms with van der Waals surface area (Å²) in [6.07, 6.45) is 9.53. The molecule has 1 rings (SSSR count). The van der Waals surface area contributed by atoms with Gasteiger partial charge in [-0.2, -0.15) is 0 Å². The SMILES string of the molecule is C[C@@H](NC(=O)CCCCCCCCCc1ccccc1)C(=O)NO. The molecule has 2 amide bonds. The highest BCUT2D eigenvalue weighted by molar-refractivity contribution is 5.86. The van der Waals surface area contributed by atoms with Gasteiger partial charge in [-0.05, 0) is 31.7 Å². The Labute approximate surface area is 144 Å². The average Bonchev–Trinajstić information content (AvgIpc) is 2.60. The van der Waals surface area contributed by atoms with Crippen LogP contribution in [0.4, 0.5) is 0 Å². The number of unbranched alkanes of at least 4 members (excludes halogenated alkanes) is 6. The Hall–Kier alpha value is -1.88. The van der Waals surface area contributed by atoms with E-state index in [1.54, 1.807) is 6.92 Å². The van der Waals surface area contributed by atoms with Gasteiger partial charge < -0.3 is 5.32 Å². The van der Waals surface area contributed by atoms with Crippen molar-refractivity contribution >= 4 is 11.8 Å². The molecule has 0 aliphatic carbocycles. The fourth-order valence-corrected chi connectivity index (χ4v) is 2.62. The number of hydrogen-bond acceptors (Lipinski definition) is 3. The maximum Gasteiger partial charge on any atom is 0.265 e. The van der Waals surface area contributed by atoms with Gasteiger partial charge in [0.15, 0.2) is 0 Å². The lowest BCUT2D eigenvalue weighted by molar-refractivity contribution is -0.134. The molecule has 0 bridgehead atoms. The molecule has 5 nitrogen and oxygen atoms in total. The second-order valence-electron chi connectivity index (χ2n) is 6.23. The first kappa shape index (κ1) is 20.2. The topological polar surface area (TPSA) is 78.4 Å². The second-order valence-corrected chi connectivity index (χ2v) is 6.23. The lowest BCUT2D eigenvalue weighted by Crippen LogP contribution is -2.43. The Balaban J connectivity index is 1.91. The molecule has 0 fully saturated rings. The number of hydrogen-bond donors (Lipinski definition) is 3. The van der Waals surface area contributed by atoms with E-state index in [-0.39, 0.29) is 5.91 Å². The van der Waals surface area contributed by atoms with Crippen molar-refractivity contribution in [2.75, 3.05) is 0 Å². The van der Waals surface area contributed by atoms with E-state index in [1.807, 2.05) is 6.07 Å². The number of rotatable bonds is 12. The number of hydroxylamine groups is 1. The molecule has 0 radical (unpaired) electrons. The van der Waals surface area contributed by atoms with Gasteiger partial charge in [0.05, 0.1) is 0 Å². The van der Waals surface area contributed by atoms with Crippen LogP contribution in [0.25, 0.3) is 0 Å². The molecule has 0 aliphatic heterocycles. The predicted octanol–water partition coefficient (Wildman–Crippen LogP) is 3.36. The molecule has 0 aromatic heterocycles. The maximum atomic E-state index is 11.6. The molecule has 1 atom stereocenters. The molecule has 24 heavy (non-hydrogen) atoms. The largest absolute Gasteiger partial charge is 0.345 e. The third-order valence-corrected chi connectivity index (χ3v) is 4.09. The highest BCUT2D eigenvalue weighted by atomic mass is 16.5. The molecule has 0 saturated carbocycles. The first-order chi connectivity index (χ1) is 11.6. The fourth-order valence-electron chi connectivity index (χ4n) is 2.62. The van der Waals surface area contributed by atoms with Gasteiger partial charge in [-0.1, -0.05) is 62.4 Å². The number of amides is 2. The number of aryl methyl sites for hydroxylation is 1. The van der Waals surface area contributed by atoms with Gasteiger partial charge in [0.2, 0.25) is 5.91 Å². The number of carbonyl (C=O) groups is 2. The van der Waals surface area contributed by atoms with Gasteiger partial charge in [0.1, 0.15) is 6.04 Å². The molecule has 0 heterocycles. The van der Waals surface area contributed by atoms with Gasteiger partial charge >= 0.3 is 0 Å². The molecule has 1 aromatic rings. The van der Waals surface area contributed by atoms with Gasteiger partial charge in [-0.15, -0.1) is 0 Å². The summed E-state index contributed by atoms with van der Waals surface area (Å²) in [5.74, 6) is -0.743. The summed E-state index contributed by atoms with van der Waals surface area (Å²) < 4.78 is 0. The Bertz CT molecular complexity index is 477. The lowest BCUT2D eigenvalue weighted by Gasteiger charge is -2.11. The van der Waals surface area contributed by atoms with Crippen LogP contribution >= 0.6 is 0 Å². The van der Waals surface area contributed by atoms with Gasteiger partial charge in [-0.25, -0.2) is 5.48 Å². The van der Waals surface area contributed by atoms with Crippen LogP contribution in [-0.2, 0) is 16.0 Å². The van der Waals surface area contributed by atoms with Crippen LogP contribution in [0.15, 0.2) is 30.3 Å². The fraction of sp³-hybridized carbons (Fsp3) is 0.579. The van der Waals surface area contributed by atoms with Gasteiger partial charge in [0.25, 0.3) is 5.91 Å². The van der Waals surface area contributed by atoms with Gasteiger partial charge in [0, 0.05) is 6.42 Å². The third kappa shape index (κ3) is 9.30. The Morgan fingerprint density at radius 3 is 2.17 bits per heavy atom. The van der Waals surface area contributed by atoms with Crippen LogP contribution in [0.5, 0.6) is 0 Å². The third-order valence-electron chi connectivity index (χ3n) is 4.09. The summed E-state index contributed by atoms with van der Waals surface area (Å²) in [4.78, 5) is 22.7. The predicted molar refractivity (Wildman–Crippen MR) is 94.6 cm³/mol. The minimum absolute atomic E-state index is 0.144. The minimum atomic E-state index is -0.702. The van der Waals surface area contributed by atoms with Crippen molar-refractivity contribution in [1.29, 1.82) is 0 Å². The number of carbonyl (C=O) groups excluding carboxylic acids is 2. The van der Waals surface area contributed by atoms with E-state index in [9.17, 15) is 9.59 Å². The van der Waals surface area contributed by atoms with Crippen LogP contribution in [0.3, 0.4) is 0 Å². The minimum Gasteiger partial charge on any atom is -0.345 e. The van der Waals surface area contributed by atoms with E-state index in [0.717, 1.165) is 25.7 Å². The summed E-state index contributed by atoms with van der Waals surface area (Å²) in [5.41, 5.74) is 2.94. The van der Waals surface area contributed by atoms with Crippen molar-refractivity contribution in [3.05, 3.63) is 35.9 Å². The molecule has 0 spiro atoms. The highest BCUT2D eigenvalue weighted by Crippen LogP contribution is 2.11. The van der Waals surface area contributed by atoms with E-state index in [0.29, 0.717) is 6.42 Å². The molecular formula is C19H30N2O3. The van der Waals surface area contributed by atoms with Crippen LogP contribution in [0.2, 0.25) is 0 Å². The first-order valence-corrected chi connectivity index (χ1v) is 8.90. The van der Waals surface area contributed by atoms with Gasteiger partial charge in [-0.3, -0.25) is 14.8 Å². The molecule has 134 valence electrons. The molecular weight excluding hydrogens is 304 g/mol. The standard InChI is InChI=1S/C19H30N2O3/c1-16(19(23)21-24)20-18(22)15-11-6-4-2-3-5-8-12-17-13-9-7-10-14-17/h7,9-10,13-14,16,24H,2-6,8,11-12,15H2,1H3,(H,20,22)(H,21,23)/t16-/m1/s1. The van der Waals surface area contributed by atoms with Crippen molar-refractivity contribution in [3.8, 4) is 0 Å². The molecule has 0 aliphatic rings. The first-order valence-electron chi connectivity index (χ1n) is 8.90. The van der Waals surface area contributed by atoms with Crippen LogP contribution in [0, 0.1) is 0 Å². The van der Waals surface area contributed by atoms with Crippen molar-refractivity contribution in [2.45, 2.75) is 70.8 Å². The zero-order valence-electron chi connectivity index (χ0n) is 14.6. The van der Waals surface area contributed by atoms with Crippen LogP contribution in [0.1, 0.15) is 63.9 Å². The number of nitrogens with one attached hydrogen (secondary N) is 2. The van der Waals surface area contributed by atoms with E-state index in [4.69, 9.17) is 5.21 Å². The summed E-state index contributed by atoms with van der Waals surface area (Å²) in [6.45, 7) is 1.54. The second kappa shape index (κ2) is 12.5. The summed E-state index contributed by atoms with van der Waals surface area (Å²) >= 11 is 0. The Morgan fingerprint density at radius 2 is 1.54 bits per heavy atom. The normalized spacial score (nSPS) is 11.8. The monoisotopic (exact) mass is 334 g/mol.